The molecule has 0 aliphatic rings. The Morgan fingerprint density at radius 1 is 1.27 bits per heavy atom. The molecule has 1 N–H and O–H groups in total. The summed E-state index contributed by atoms with van der Waals surface area (Å²) >= 11 is 5.89. The summed E-state index contributed by atoms with van der Waals surface area (Å²) in [6.45, 7) is 1.27. The van der Waals surface area contributed by atoms with Crippen molar-refractivity contribution in [1.29, 1.82) is 0 Å². The molecule has 0 spiro atoms. The third-order valence-corrected chi connectivity index (χ3v) is 4.14. The molecule has 1 amide bonds. The molecule has 2 aromatic carbocycles. The molecule has 0 aliphatic carbocycles. The van der Waals surface area contributed by atoms with Gasteiger partial charge in [0.15, 0.2) is 0 Å². The summed E-state index contributed by atoms with van der Waals surface area (Å²) in [7, 11) is 0. The zero-order valence-corrected chi connectivity index (χ0v) is 14.4. The fourth-order valence-electron chi connectivity index (χ4n) is 2.62. The topological polar surface area (TPSA) is 64.0 Å². The Bertz CT molecular complexity index is 1050. The molecule has 1 atom stereocenters. The quantitative estimate of drug-likeness (QED) is 0.759. The van der Waals surface area contributed by atoms with E-state index in [2.05, 4.69) is 10.3 Å². The number of nitrogens with zero attached hydrogens (tertiary/aromatic N) is 2. The van der Waals surface area contributed by atoms with Gasteiger partial charge in [-0.3, -0.25) is 14.2 Å². The van der Waals surface area contributed by atoms with Crippen LogP contribution in [0.25, 0.3) is 10.9 Å². The van der Waals surface area contributed by atoms with E-state index in [0.717, 1.165) is 16.7 Å². The summed E-state index contributed by atoms with van der Waals surface area (Å²) in [5.74, 6) is -1.96. The fourth-order valence-corrected chi connectivity index (χ4v) is 2.79. The lowest BCUT2D eigenvalue weighted by molar-refractivity contribution is -0.122. The Kier molecular flexibility index (Phi) is 4.99. The van der Waals surface area contributed by atoms with Crippen LogP contribution in [0, 0.1) is 11.6 Å². The van der Waals surface area contributed by atoms with Crippen molar-refractivity contribution < 1.29 is 13.6 Å². The van der Waals surface area contributed by atoms with Crippen molar-refractivity contribution in [2.75, 3.05) is 0 Å². The van der Waals surface area contributed by atoms with Gasteiger partial charge < -0.3 is 5.32 Å². The number of carbonyl (C=O) groups is 1. The molecule has 0 saturated carbocycles. The summed E-state index contributed by atoms with van der Waals surface area (Å²) in [6.07, 6.45) is 1.27. The van der Waals surface area contributed by atoms with Crippen LogP contribution in [0.4, 0.5) is 8.78 Å². The predicted molar refractivity (Wildman–Crippen MR) is 93.9 cm³/mol. The molecule has 0 bridgehead atoms. The van der Waals surface area contributed by atoms with E-state index in [9.17, 15) is 18.4 Å². The molecule has 5 nitrogen and oxygen atoms in total. The zero-order chi connectivity index (χ0) is 18.8. The zero-order valence-electron chi connectivity index (χ0n) is 13.7. The highest BCUT2D eigenvalue weighted by Gasteiger charge is 2.15. The number of halogens is 3. The van der Waals surface area contributed by atoms with E-state index < -0.39 is 29.1 Å². The van der Waals surface area contributed by atoms with Crippen LogP contribution >= 0.6 is 11.6 Å². The molecule has 0 radical (unpaired) electrons. The monoisotopic (exact) mass is 377 g/mol. The lowest BCUT2D eigenvalue weighted by atomic mass is 10.1. The average Bonchev–Trinajstić information content (AvgIpc) is 2.57. The molecular formula is C18H14ClF2N3O2. The minimum Gasteiger partial charge on any atom is -0.348 e. The number of benzene rings is 2. The van der Waals surface area contributed by atoms with E-state index in [4.69, 9.17) is 11.6 Å². The molecule has 8 heteroatoms. The first-order chi connectivity index (χ1) is 12.3. The number of fused-ring (bicyclic) bond motifs is 1. The highest BCUT2D eigenvalue weighted by atomic mass is 35.5. The fraction of sp³-hybridized carbons (Fsp3) is 0.167. The van der Waals surface area contributed by atoms with Crippen LogP contribution in [0.3, 0.4) is 0 Å². The normalized spacial score (nSPS) is 12.2. The van der Waals surface area contributed by atoms with Crippen LogP contribution < -0.4 is 10.9 Å². The number of carbonyl (C=O) groups excluding carboxylic acids is 1. The van der Waals surface area contributed by atoms with Crippen molar-refractivity contribution in [3.63, 3.8) is 0 Å². The van der Waals surface area contributed by atoms with E-state index in [0.29, 0.717) is 15.9 Å². The number of rotatable bonds is 4. The molecule has 3 aromatic rings. The first-order valence-corrected chi connectivity index (χ1v) is 8.12. The first kappa shape index (κ1) is 18.0. The maximum absolute atomic E-state index is 13.8. The Balaban J connectivity index is 1.78. The Morgan fingerprint density at radius 2 is 2.04 bits per heavy atom. The van der Waals surface area contributed by atoms with Gasteiger partial charge in [0, 0.05) is 16.7 Å². The summed E-state index contributed by atoms with van der Waals surface area (Å²) < 4.78 is 27.9. The van der Waals surface area contributed by atoms with Gasteiger partial charge >= 0.3 is 0 Å². The second-order valence-corrected chi connectivity index (χ2v) is 6.23. The van der Waals surface area contributed by atoms with E-state index in [1.165, 1.54) is 18.5 Å². The van der Waals surface area contributed by atoms with Crippen LogP contribution in [0.5, 0.6) is 0 Å². The average molecular weight is 378 g/mol. The minimum atomic E-state index is -0.753. The summed E-state index contributed by atoms with van der Waals surface area (Å²) in [5.41, 5.74) is 0.210. The van der Waals surface area contributed by atoms with Gasteiger partial charge in [0.2, 0.25) is 5.91 Å². The van der Waals surface area contributed by atoms with E-state index in [1.807, 2.05) is 0 Å². The lowest BCUT2D eigenvalue weighted by Gasteiger charge is -2.15. The molecule has 0 aliphatic heterocycles. The molecule has 0 saturated heterocycles. The molecule has 1 heterocycles. The third kappa shape index (κ3) is 3.72. The van der Waals surface area contributed by atoms with Gasteiger partial charge in [-0.1, -0.05) is 17.7 Å². The number of hydrogen-bond acceptors (Lipinski definition) is 3. The lowest BCUT2D eigenvalue weighted by Crippen LogP contribution is -2.34. The van der Waals surface area contributed by atoms with Crippen molar-refractivity contribution in [3.05, 3.63) is 75.3 Å². The number of amides is 1. The van der Waals surface area contributed by atoms with Crippen LogP contribution in [0.1, 0.15) is 18.5 Å². The van der Waals surface area contributed by atoms with E-state index in [-0.39, 0.29) is 12.1 Å². The minimum absolute atomic E-state index is 0.149. The van der Waals surface area contributed by atoms with Gasteiger partial charge in [-0.15, -0.1) is 0 Å². The Labute approximate surface area is 152 Å². The van der Waals surface area contributed by atoms with Crippen LogP contribution in [0.2, 0.25) is 5.02 Å². The molecule has 26 heavy (non-hydrogen) atoms. The summed E-state index contributed by atoms with van der Waals surface area (Å²) in [6, 6.07) is 7.15. The summed E-state index contributed by atoms with van der Waals surface area (Å²) in [4.78, 5) is 28.8. The largest absolute Gasteiger partial charge is 0.348 e. The molecule has 0 fully saturated rings. The van der Waals surface area contributed by atoms with Gasteiger partial charge in [0.1, 0.15) is 18.2 Å². The highest BCUT2D eigenvalue weighted by molar-refractivity contribution is 6.31. The summed E-state index contributed by atoms with van der Waals surface area (Å²) in [5, 5.41) is 3.26. The number of aromatic nitrogens is 2. The predicted octanol–water partition coefficient (Wildman–Crippen LogP) is 3.21. The Hall–Kier alpha value is -2.80. The SMILES string of the molecule is C[C@H](NC(=O)Cn1cnc2ccc(Cl)cc2c1=O)c1ccc(F)cc1F. The maximum Gasteiger partial charge on any atom is 0.261 e. The third-order valence-electron chi connectivity index (χ3n) is 3.91. The van der Waals surface area contributed by atoms with Gasteiger partial charge in [0.25, 0.3) is 5.56 Å². The van der Waals surface area contributed by atoms with Crippen molar-refractivity contribution >= 4 is 28.4 Å². The second-order valence-electron chi connectivity index (χ2n) is 5.79. The van der Waals surface area contributed by atoms with Gasteiger partial charge in [-0.25, -0.2) is 13.8 Å². The van der Waals surface area contributed by atoms with E-state index in [1.54, 1.807) is 19.1 Å². The van der Waals surface area contributed by atoms with Crippen molar-refractivity contribution in [2.45, 2.75) is 19.5 Å². The van der Waals surface area contributed by atoms with Crippen LogP contribution in [-0.2, 0) is 11.3 Å². The molecule has 134 valence electrons. The maximum atomic E-state index is 13.8. The molecule has 1 aromatic heterocycles. The van der Waals surface area contributed by atoms with E-state index >= 15 is 0 Å². The van der Waals surface area contributed by atoms with Gasteiger partial charge in [-0.2, -0.15) is 0 Å². The van der Waals surface area contributed by atoms with Crippen LogP contribution in [-0.4, -0.2) is 15.5 Å². The number of nitrogens with one attached hydrogen (secondary N) is 1. The number of hydrogen-bond donors (Lipinski definition) is 1. The molecular weight excluding hydrogens is 364 g/mol. The molecule has 0 unspecified atom stereocenters. The smallest absolute Gasteiger partial charge is 0.261 e. The van der Waals surface area contributed by atoms with Crippen molar-refractivity contribution in [3.8, 4) is 0 Å². The second kappa shape index (κ2) is 7.21. The Morgan fingerprint density at radius 3 is 2.77 bits per heavy atom. The standard InChI is InChI=1S/C18H14ClF2N3O2/c1-10(13-4-3-12(20)7-15(13)21)23-17(25)8-24-9-22-16-5-2-11(19)6-14(16)18(24)26/h2-7,9-10H,8H2,1H3,(H,23,25)/t10-/m0/s1. The first-order valence-electron chi connectivity index (χ1n) is 7.74. The molecule has 3 rings (SSSR count). The van der Waals surface area contributed by atoms with Gasteiger partial charge in [0.05, 0.1) is 23.3 Å². The van der Waals surface area contributed by atoms with Crippen molar-refractivity contribution in [2.24, 2.45) is 0 Å². The van der Waals surface area contributed by atoms with Crippen molar-refractivity contribution in [1.82, 2.24) is 14.9 Å². The highest BCUT2D eigenvalue weighted by Crippen LogP contribution is 2.18. The van der Waals surface area contributed by atoms with Crippen LogP contribution in [0.15, 0.2) is 47.5 Å². The van der Waals surface area contributed by atoms with Gasteiger partial charge in [-0.05, 0) is 31.2 Å².